The van der Waals surface area contributed by atoms with Gasteiger partial charge in [0.05, 0.1) is 0 Å². The van der Waals surface area contributed by atoms with Crippen LogP contribution in [0.25, 0.3) is 0 Å². The lowest BCUT2D eigenvalue weighted by Gasteiger charge is -2.40. The maximum Gasteiger partial charge on any atom is 0.0385 e. The molecule has 0 saturated carbocycles. The van der Waals surface area contributed by atoms with Crippen molar-refractivity contribution in [2.45, 2.75) is 46.1 Å². The highest BCUT2D eigenvalue weighted by Crippen LogP contribution is 2.34. The van der Waals surface area contributed by atoms with Crippen LogP contribution in [-0.2, 0) is 6.42 Å². The number of hydrogen-bond donors (Lipinski definition) is 1. The second-order valence-corrected chi connectivity index (χ2v) is 6.97. The van der Waals surface area contributed by atoms with Crippen LogP contribution in [-0.4, -0.2) is 31.6 Å². The third kappa shape index (κ3) is 4.55. The Balaban J connectivity index is 2.11. The topological polar surface area (TPSA) is 15.3 Å². The van der Waals surface area contributed by atoms with Crippen molar-refractivity contribution in [2.75, 3.05) is 26.7 Å². The second kappa shape index (κ2) is 7.95. The Morgan fingerprint density at radius 1 is 1.24 bits per heavy atom. The average Bonchev–Trinajstić information content (AvgIpc) is 2.46. The molecule has 2 atom stereocenters. The van der Waals surface area contributed by atoms with Gasteiger partial charge in [0.15, 0.2) is 0 Å². The van der Waals surface area contributed by atoms with E-state index >= 15 is 0 Å². The molecule has 0 spiro atoms. The van der Waals surface area contributed by atoms with E-state index in [9.17, 15) is 0 Å². The molecule has 0 aliphatic carbocycles. The Bertz CT molecular complexity index is 410. The lowest BCUT2D eigenvalue weighted by molar-refractivity contribution is 0.120. The van der Waals surface area contributed by atoms with E-state index in [1.165, 1.54) is 36.9 Å². The first-order valence-electron chi connectivity index (χ1n) is 8.61. The SMILES string of the molecule is CCNCC1CCCN(C)C1c1ccc(CC(C)C)cc1. The molecule has 2 nitrogen and oxygen atoms in total. The summed E-state index contributed by atoms with van der Waals surface area (Å²) in [7, 11) is 2.28. The molecular weight excluding hydrogens is 256 g/mol. The van der Waals surface area contributed by atoms with E-state index < -0.39 is 0 Å². The van der Waals surface area contributed by atoms with Gasteiger partial charge in [-0.05, 0) is 68.9 Å². The summed E-state index contributed by atoms with van der Waals surface area (Å²) in [4.78, 5) is 2.54. The number of hydrogen-bond acceptors (Lipinski definition) is 2. The fourth-order valence-electron chi connectivity index (χ4n) is 3.65. The van der Waals surface area contributed by atoms with E-state index in [-0.39, 0.29) is 0 Å². The predicted molar refractivity (Wildman–Crippen MR) is 91.6 cm³/mol. The Morgan fingerprint density at radius 3 is 2.57 bits per heavy atom. The van der Waals surface area contributed by atoms with Crippen LogP contribution in [0.15, 0.2) is 24.3 Å². The zero-order chi connectivity index (χ0) is 15.2. The van der Waals surface area contributed by atoms with E-state index in [0.29, 0.717) is 6.04 Å². The van der Waals surface area contributed by atoms with Gasteiger partial charge in [-0.1, -0.05) is 45.0 Å². The summed E-state index contributed by atoms with van der Waals surface area (Å²) in [6, 6.07) is 9.97. The number of nitrogens with one attached hydrogen (secondary N) is 1. The number of nitrogens with zero attached hydrogens (tertiary/aromatic N) is 1. The maximum atomic E-state index is 3.55. The van der Waals surface area contributed by atoms with Crippen molar-refractivity contribution < 1.29 is 0 Å². The molecule has 1 N–H and O–H groups in total. The highest BCUT2D eigenvalue weighted by molar-refractivity contribution is 5.26. The number of benzene rings is 1. The van der Waals surface area contributed by atoms with E-state index in [4.69, 9.17) is 0 Å². The van der Waals surface area contributed by atoms with Gasteiger partial charge in [-0.3, -0.25) is 4.90 Å². The molecule has 1 aromatic rings. The first kappa shape index (κ1) is 16.5. The lowest BCUT2D eigenvalue weighted by Crippen LogP contribution is -2.40. The minimum atomic E-state index is 0.575. The van der Waals surface area contributed by atoms with Crippen LogP contribution in [0.3, 0.4) is 0 Å². The van der Waals surface area contributed by atoms with E-state index in [1.807, 2.05) is 0 Å². The van der Waals surface area contributed by atoms with Gasteiger partial charge in [0.25, 0.3) is 0 Å². The molecule has 1 aliphatic heterocycles. The normalized spacial score (nSPS) is 23.7. The molecule has 2 heteroatoms. The smallest absolute Gasteiger partial charge is 0.0385 e. The van der Waals surface area contributed by atoms with Crippen molar-refractivity contribution in [3.8, 4) is 0 Å². The van der Waals surface area contributed by atoms with Gasteiger partial charge in [0, 0.05) is 6.04 Å². The first-order chi connectivity index (χ1) is 10.1. The van der Waals surface area contributed by atoms with Crippen molar-refractivity contribution in [3.05, 3.63) is 35.4 Å². The minimum absolute atomic E-state index is 0.575. The Kier molecular flexibility index (Phi) is 6.25. The van der Waals surface area contributed by atoms with Crippen LogP contribution in [0, 0.1) is 11.8 Å². The highest BCUT2D eigenvalue weighted by atomic mass is 15.1. The maximum absolute atomic E-state index is 3.55. The van der Waals surface area contributed by atoms with Crippen molar-refractivity contribution >= 4 is 0 Å². The van der Waals surface area contributed by atoms with Crippen molar-refractivity contribution in [2.24, 2.45) is 11.8 Å². The average molecular weight is 288 g/mol. The summed E-state index contributed by atoms with van der Waals surface area (Å²) in [6.45, 7) is 10.2. The lowest BCUT2D eigenvalue weighted by atomic mass is 9.84. The summed E-state index contributed by atoms with van der Waals surface area (Å²) in [5.41, 5.74) is 2.96. The molecule has 0 amide bonds. The molecule has 1 saturated heterocycles. The van der Waals surface area contributed by atoms with Gasteiger partial charge in [0.1, 0.15) is 0 Å². The van der Waals surface area contributed by atoms with Crippen LogP contribution in [0.2, 0.25) is 0 Å². The fraction of sp³-hybridized carbons (Fsp3) is 0.684. The molecule has 0 aromatic heterocycles. The molecule has 1 fully saturated rings. The van der Waals surface area contributed by atoms with E-state index in [2.05, 4.69) is 62.3 Å². The third-order valence-corrected chi connectivity index (χ3v) is 4.63. The largest absolute Gasteiger partial charge is 0.317 e. The number of rotatable bonds is 6. The molecule has 1 aliphatic rings. The molecule has 0 bridgehead atoms. The summed E-state index contributed by atoms with van der Waals surface area (Å²) in [5.74, 6) is 1.47. The van der Waals surface area contributed by atoms with Gasteiger partial charge in [-0.2, -0.15) is 0 Å². The highest BCUT2D eigenvalue weighted by Gasteiger charge is 2.29. The van der Waals surface area contributed by atoms with E-state index in [1.54, 1.807) is 0 Å². The Hall–Kier alpha value is -0.860. The zero-order valence-corrected chi connectivity index (χ0v) is 14.2. The number of likely N-dealkylation sites (tertiary alicyclic amines) is 1. The molecule has 2 rings (SSSR count). The van der Waals surface area contributed by atoms with Gasteiger partial charge in [-0.25, -0.2) is 0 Å². The first-order valence-corrected chi connectivity index (χ1v) is 8.61. The van der Waals surface area contributed by atoms with Crippen LogP contribution in [0.1, 0.15) is 50.8 Å². The van der Waals surface area contributed by atoms with Crippen molar-refractivity contribution in [1.82, 2.24) is 10.2 Å². The number of piperidine rings is 1. The fourth-order valence-corrected chi connectivity index (χ4v) is 3.65. The van der Waals surface area contributed by atoms with Gasteiger partial charge >= 0.3 is 0 Å². The standard InChI is InChI=1S/C19H32N2/c1-5-20-14-18-7-6-12-21(4)19(18)17-10-8-16(9-11-17)13-15(2)3/h8-11,15,18-20H,5-7,12-14H2,1-4H3. The van der Waals surface area contributed by atoms with Crippen LogP contribution in [0.4, 0.5) is 0 Å². The van der Waals surface area contributed by atoms with Crippen molar-refractivity contribution in [3.63, 3.8) is 0 Å². The van der Waals surface area contributed by atoms with Crippen LogP contribution >= 0.6 is 0 Å². The van der Waals surface area contributed by atoms with E-state index in [0.717, 1.165) is 24.9 Å². The summed E-state index contributed by atoms with van der Waals surface area (Å²) < 4.78 is 0. The molecule has 1 heterocycles. The van der Waals surface area contributed by atoms with Gasteiger partial charge in [-0.15, -0.1) is 0 Å². The predicted octanol–water partition coefficient (Wildman–Crippen LogP) is 3.88. The minimum Gasteiger partial charge on any atom is -0.317 e. The van der Waals surface area contributed by atoms with Crippen molar-refractivity contribution in [1.29, 1.82) is 0 Å². The Morgan fingerprint density at radius 2 is 1.95 bits per heavy atom. The van der Waals surface area contributed by atoms with Gasteiger partial charge in [0.2, 0.25) is 0 Å². The monoisotopic (exact) mass is 288 g/mol. The third-order valence-electron chi connectivity index (χ3n) is 4.63. The molecule has 1 aromatic carbocycles. The summed E-state index contributed by atoms with van der Waals surface area (Å²) >= 11 is 0. The van der Waals surface area contributed by atoms with Gasteiger partial charge < -0.3 is 5.32 Å². The molecule has 118 valence electrons. The second-order valence-electron chi connectivity index (χ2n) is 6.97. The molecule has 21 heavy (non-hydrogen) atoms. The molecule has 2 unspecified atom stereocenters. The molecule has 0 radical (unpaired) electrons. The molecular formula is C19H32N2. The quantitative estimate of drug-likeness (QED) is 0.854. The summed E-state index contributed by atoms with van der Waals surface area (Å²) in [5, 5.41) is 3.55. The van der Waals surface area contributed by atoms with Crippen LogP contribution in [0.5, 0.6) is 0 Å². The van der Waals surface area contributed by atoms with Crippen LogP contribution < -0.4 is 5.32 Å². The Labute approximate surface area is 130 Å². The zero-order valence-electron chi connectivity index (χ0n) is 14.2. The summed E-state index contributed by atoms with van der Waals surface area (Å²) in [6.07, 6.45) is 3.85.